The van der Waals surface area contributed by atoms with Crippen LogP contribution in [0.25, 0.3) is 0 Å². The molecule has 0 spiro atoms. The summed E-state index contributed by atoms with van der Waals surface area (Å²) in [5, 5.41) is -0.121. The molecule has 2 rings (SSSR count). The van der Waals surface area contributed by atoms with E-state index in [9.17, 15) is 21.2 Å². The zero-order valence-corrected chi connectivity index (χ0v) is 14.6. The van der Waals surface area contributed by atoms with Crippen LogP contribution in [0.3, 0.4) is 0 Å². The molecular formula is C14H13ClFNO4S2. The molecule has 0 aliphatic rings. The Balaban J connectivity index is 2.51. The second kappa shape index (κ2) is 6.10. The van der Waals surface area contributed by atoms with Gasteiger partial charge in [0.05, 0.1) is 15.6 Å². The molecule has 0 fully saturated rings. The van der Waals surface area contributed by atoms with Crippen molar-refractivity contribution in [1.29, 1.82) is 0 Å². The summed E-state index contributed by atoms with van der Waals surface area (Å²) >= 11 is 5.89. The number of sulfone groups is 1. The Bertz CT molecular complexity index is 972. The van der Waals surface area contributed by atoms with Crippen LogP contribution in [0.1, 0.15) is 5.56 Å². The van der Waals surface area contributed by atoms with E-state index in [1.54, 1.807) is 0 Å². The molecule has 0 saturated carbocycles. The van der Waals surface area contributed by atoms with E-state index in [-0.39, 0.29) is 20.5 Å². The molecule has 0 aliphatic heterocycles. The van der Waals surface area contributed by atoms with Crippen molar-refractivity contribution in [3.8, 4) is 0 Å². The summed E-state index contributed by atoms with van der Waals surface area (Å²) in [6.07, 6.45) is 0.962. The molecule has 0 radical (unpaired) electrons. The summed E-state index contributed by atoms with van der Waals surface area (Å²) in [4.78, 5) is -0.538. The van der Waals surface area contributed by atoms with Crippen molar-refractivity contribution in [2.75, 3.05) is 11.0 Å². The average molecular weight is 378 g/mol. The highest BCUT2D eigenvalue weighted by Crippen LogP contribution is 2.27. The summed E-state index contributed by atoms with van der Waals surface area (Å²) in [5.41, 5.74) is 0.552. The van der Waals surface area contributed by atoms with Gasteiger partial charge in [0.25, 0.3) is 10.0 Å². The van der Waals surface area contributed by atoms with E-state index in [4.69, 9.17) is 11.6 Å². The van der Waals surface area contributed by atoms with E-state index in [0.29, 0.717) is 5.56 Å². The van der Waals surface area contributed by atoms with Gasteiger partial charge < -0.3 is 0 Å². The van der Waals surface area contributed by atoms with Crippen molar-refractivity contribution in [1.82, 2.24) is 0 Å². The molecule has 2 aromatic rings. The van der Waals surface area contributed by atoms with Crippen LogP contribution in [0.15, 0.2) is 46.2 Å². The van der Waals surface area contributed by atoms with Gasteiger partial charge in [-0.25, -0.2) is 21.2 Å². The molecule has 0 atom stereocenters. The number of anilines is 1. The third-order valence-corrected chi connectivity index (χ3v) is 6.01. The summed E-state index contributed by atoms with van der Waals surface area (Å²) in [5.74, 6) is -0.498. The molecule has 0 unspecified atom stereocenters. The van der Waals surface area contributed by atoms with Gasteiger partial charge in [0, 0.05) is 6.26 Å². The van der Waals surface area contributed by atoms with Crippen LogP contribution in [0.5, 0.6) is 0 Å². The Kier molecular flexibility index (Phi) is 4.70. The largest absolute Gasteiger partial charge is 0.279 e. The van der Waals surface area contributed by atoms with Gasteiger partial charge in [0.2, 0.25) is 0 Å². The number of hydrogen-bond acceptors (Lipinski definition) is 4. The topological polar surface area (TPSA) is 80.3 Å². The molecule has 5 nitrogen and oxygen atoms in total. The van der Waals surface area contributed by atoms with Gasteiger partial charge in [-0.1, -0.05) is 11.6 Å². The lowest BCUT2D eigenvalue weighted by molar-refractivity contribution is 0.599. The predicted molar refractivity (Wildman–Crippen MR) is 86.5 cm³/mol. The zero-order chi connectivity index (χ0) is 17.4. The molecule has 0 aromatic heterocycles. The summed E-state index contributed by atoms with van der Waals surface area (Å²) in [7, 11) is -7.72. The van der Waals surface area contributed by atoms with Crippen LogP contribution in [0, 0.1) is 12.7 Å². The number of sulfonamides is 1. The molecule has 0 aliphatic carbocycles. The quantitative estimate of drug-likeness (QED) is 0.888. The third kappa shape index (κ3) is 4.01. The van der Waals surface area contributed by atoms with E-state index < -0.39 is 25.7 Å². The minimum absolute atomic E-state index is 0.121. The minimum Gasteiger partial charge on any atom is -0.279 e. The van der Waals surface area contributed by atoms with Crippen molar-refractivity contribution in [2.24, 2.45) is 0 Å². The van der Waals surface area contributed by atoms with Gasteiger partial charge in [-0.2, -0.15) is 0 Å². The first-order chi connectivity index (χ1) is 10.5. The first-order valence-corrected chi connectivity index (χ1v) is 10.0. The Hall–Kier alpha value is -1.64. The Morgan fingerprint density at radius 3 is 2.26 bits per heavy atom. The van der Waals surface area contributed by atoms with E-state index in [1.807, 2.05) is 0 Å². The first kappa shape index (κ1) is 17.7. The van der Waals surface area contributed by atoms with E-state index in [1.165, 1.54) is 31.2 Å². The molecule has 124 valence electrons. The molecule has 0 amide bonds. The third-order valence-electron chi connectivity index (χ3n) is 3.05. The number of aryl methyl sites for hydroxylation is 1. The summed E-state index contributed by atoms with van der Waals surface area (Å²) in [6, 6.07) is 6.96. The maximum atomic E-state index is 13.1. The van der Waals surface area contributed by atoms with Gasteiger partial charge in [-0.3, -0.25) is 4.72 Å². The molecule has 9 heteroatoms. The second-order valence-electron chi connectivity index (χ2n) is 4.93. The number of hydrogen-bond donors (Lipinski definition) is 1. The average Bonchev–Trinajstić information content (AvgIpc) is 2.41. The van der Waals surface area contributed by atoms with Gasteiger partial charge in [-0.15, -0.1) is 0 Å². The molecule has 23 heavy (non-hydrogen) atoms. The second-order valence-corrected chi connectivity index (χ2v) is 9.00. The van der Waals surface area contributed by atoms with Crippen LogP contribution in [0.2, 0.25) is 5.02 Å². The molecule has 2 aromatic carbocycles. The van der Waals surface area contributed by atoms with Crippen molar-refractivity contribution in [2.45, 2.75) is 16.7 Å². The summed E-state index contributed by atoms with van der Waals surface area (Å²) < 4.78 is 63.4. The van der Waals surface area contributed by atoms with Crippen molar-refractivity contribution in [3.63, 3.8) is 0 Å². The van der Waals surface area contributed by atoms with E-state index in [0.717, 1.165) is 18.4 Å². The monoisotopic (exact) mass is 377 g/mol. The lowest BCUT2D eigenvalue weighted by Gasteiger charge is -2.12. The SMILES string of the molecule is Cc1cc(F)ccc1NS(=O)(=O)c1cc(S(C)(=O)=O)ccc1Cl. The van der Waals surface area contributed by atoms with Gasteiger partial charge in [0.15, 0.2) is 9.84 Å². The fourth-order valence-corrected chi connectivity index (χ4v) is 4.24. The van der Waals surface area contributed by atoms with Crippen LogP contribution in [-0.4, -0.2) is 23.1 Å². The van der Waals surface area contributed by atoms with Crippen molar-refractivity contribution in [3.05, 3.63) is 52.8 Å². The molecule has 0 saturated heterocycles. The predicted octanol–water partition coefficient (Wildman–Crippen LogP) is 2.99. The van der Waals surface area contributed by atoms with Crippen LogP contribution in [-0.2, 0) is 19.9 Å². The Labute approximate surface area is 139 Å². The fraction of sp³-hybridized carbons (Fsp3) is 0.143. The maximum Gasteiger partial charge on any atom is 0.263 e. The number of benzene rings is 2. The number of rotatable bonds is 4. The maximum absolute atomic E-state index is 13.1. The highest BCUT2D eigenvalue weighted by Gasteiger charge is 2.21. The van der Waals surface area contributed by atoms with Crippen molar-refractivity contribution < 1.29 is 21.2 Å². The zero-order valence-electron chi connectivity index (χ0n) is 12.2. The molecular weight excluding hydrogens is 365 g/mol. The smallest absolute Gasteiger partial charge is 0.263 e. The highest BCUT2D eigenvalue weighted by atomic mass is 35.5. The highest BCUT2D eigenvalue weighted by molar-refractivity contribution is 7.93. The minimum atomic E-state index is -4.13. The number of nitrogens with one attached hydrogen (secondary N) is 1. The van der Waals surface area contributed by atoms with Gasteiger partial charge in [-0.05, 0) is 48.9 Å². The summed E-state index contributed by atoms with van der Waals surface area (Å²) in [6.45, 7) is 1.54. The Morgan fingerprint density at radius 2 is 1.70 bits per heavy atom. The van der Waals surface area contributed by atoms with E-state index in [2.05, 4.69) is 4.72 Å². The van der Waals surface area contributed by atoms with Crippen LogP contribution >= 0.6 is 11.6 Å². The van der Waals surface area contributed by atoms with Crippen LogP contribution < -0.4 is 4.72 Å². The van der Waals surface area contributed by atoms with Crippen LogP contribution in [0.4, 0.5) is 10.1 Å². The van der Waals surface area contributed by atoms with E-state index >= 15 is 0 Å². The van der Waals surface area contributed by atoms with Crippen molar-refractivity contribution >= 4 is 37.1 Å². The standard InChI is InChI=1S/C14H13ClFNO4S2/c1-9-7-10(16)3-6-13(9)17-23(20,21)14-8-11(22(2,18)19)4-5-12(14)15/h3-8,17H,1-2H3. The normalized spacial score (nSPS) is 12.2. The lowest BCUT2D eigenvalue weighted by Crippen LogP contribution is -2.15. The number of halogens is 2. The van der Waals surface area contributed by atoms with Gasteiger partial charge >= 0.3 is 0 Å². The molecule has 0 bridgehead atoms. The molecule has 0 heterocycles. The fourth-order valence-electron chi connectivity index (χ4n) is 1.86. The Morgan fingerprint density at radius 1 is 1.04 bits per heavy atom. The lowest BCUT2D eigenvalue weighted by atomic mass is 10.2. The van der Waals surface area contributed by atoms with Gasteiger partial charge in [0.1, 0.15) is 10.7 Å². The molecule has 1 N–H and O–H groups in total. The first-order valence-electron chi connectivity index (χ1n) is 6.29.